The second-order valence-corrected chi connectivity index (χ2v) is 11.4. The van der Waals surface area contributed by atoms with E-state index in [9.17, 15) is 9.59 Å². The Morgan fingerprint density at radius 1 is 1.32 bits per heavy atom. The van der Waals surface area contributed by atoms with Gasteiger partial charge in [0, 0.05) is 24.6 Å². The van der Waals surface area contributed by atoms with Crippen LogP contribution in [-0.4, -0.2) is 51.4 Å². The van der Waals surface area contributed by atoms with E-state index in [0.29, 0.717) is 17.6 Å². The zero-order valence-corrected chi connectivity index (χ0v) is 20.6. The molecule has 0 bridgehead atoms. The Bertz CT molecular complexity index is 1000. The molecule has 0 aromatic carbocycles. The lowest BCUT2D eigenvalue weighted by Crippen LogP contribution is -2.42. The Balaban J connectivity index is 1.66. The fraction of sp³-hybridized carbons (Fsp3) is 0.696. The molecule has 6 nitrogen and oxygen atoms in total. The molecule has 2 aliphatic heterocycles. The molecule has 2 saturated heterocycles. The van der Waals surface area contributed by atoms with Crippen LogP contribution in [0.4, 0.5) is 0 Å². The van der Waals surface area contributed by atoms with Crippen LogP contribution in [0.15, 0.2) is 9.95 Å². The summed E-state index contributed by atoms with van der Waals surface area (Å²) in [5, 5.41) is 1.11. The van der Waals surface area contributed by atoms with Gasteiger partial charge in [-0.3, -0.25) is 14.2 Å². The monoisotopic (exact) mass is 463 g/mol. The summed E-state index contributed by atoms with van der Waals surface area (Å²) in [6, 6.07) is 0. The van der Waals surface area contributed by atoms with Gasteiger partial charge < -0.3 is 9.64 Å². The third kappa shape index (κ3) is 4.71. The van der Waals surface area contributed by atoms with Gasteiger partial charge >= 0.3 is 0 Å². The van der Waals surface area contributed by atoms with Crippen LogP contribution in [0.25, 0.3) is 10.2 Å². The molecule has 0 radical (unpaired) electrons. The molecule has 0 unspecified atom stereocenters. The van der Waals surface area contributed by atoms with Crippen molar-refractivity contribution < 1.29 is 9.53 Å². The fourth-order valence-electron chi connectivity index (χ4n) is 4.59. The molecule has 8 heteroatoms. The lowest BCUT2D eigenvalue weighted by Gasteiger charge is -2.32. The van der Waals surface area contributed by atoms with Crippen LogP contribution in [0.2, 0.25) is 0 Å². The molecule has 2 atom stereocenters. The number of aryl methyl sites for hydroxylation is 2. The molecule has 1 amide bonds. The van der Waals surface area contributed by atoms with Gasteiger partial charge in [-0.05, 0) is 57.4 Å². The first kappa shape index (κ1) is 22.8. The van der Waals surface area contributed by atoms with Crippen LogP contribution >= 0.6 is 23.1 Å². The summed E-state index contributed by atoms with van der Waals surface area (Å²) in [7, 11) is 0. The highest BCUT2D eigenvalue weighted by atomic mass is 32.2. The van der Waals surface area contributed by atoms with Crippen molar-refractivity contribution in [3.05, 3.63) is 20.8 Å². The molecule has 4 heterocycles. The van der Waals surface area contributed by atoms with Gasteiger partial charge in [0.25, 0.3) is 5.56 Å². The second-order valence-electron chi connectivity index (χ2n) is 8.88. The Morgan fingerprint density at radius 3 is 2.71 bits per heavy atom. The molecule has 2 aliphatic rings. The molecule has 4 rings (SSSR count). The molecule has 31 heavy (non-hydrogen) atoms. The van der Waals surface area contributed by atoms with Crippen molar-refractivity contribution in [1.82, 2.24) is 14.5 Å². The van der Waals surface area contributed by atoms with Crippen molar-refractivity contribution in [2.75, 3.05) is 19.7 Å². The molecule has 0 spiro atoms. The third-order valence-electron chi connectivity index (χ3n) is 6.57. The average molecular weight is 464 g/mol. The minimum absolute atomic E-state index is 0.00986. The summed E-state index contributed by atoms with van der Waals surface area (Å²) in [5.41, 5.74) is 1.11. The molecular formula is C23H33N3O3S2. The van der Waals surface area contributed by atoms with E-state index in [2.05, 4.69) is 20.8 Å². The normalized spacial score (nSPS) is 21.2. The molecule has 170 valence electrons. The van der Waals surface area contributed by atoms with E-state index < -0.39 is 0 Å². The molecule has 0 saturated carbocycles. The van der Waals surface area contributed by atoms with Crippen LogP contribution < -0.4 is 5.56 Å². The van der Waals surface area contributed by atoms with Gasteiger partial charge in [-0.15, -0.1) is 11.3 Å². The van der Waals surface area contributed by atoms with Gasteiger partial charge in [0.2, 0.25) is 5.91 Å². The smallest absolute Gasteiger partial charge is 0.263 e. The minimum atomic E-state index is -0.278. The maximum absolute atomic E-state index is 13.6. The topological polar surface area (TPSA) is 64.4 Å². The number of hydrogen-bond acceptors (Lipinski definition) is 6. The number of thioether (sulfide) groups is 1. The molecular weight excluding hydrogens is 430 g/mol. The first-order valence-electron chi connectivity index (χ1n) is 11.5. The maximum Gasteiger partial charge on any atom is 0.263 e. The number of amides is 1. The summed E-state index contributed by atoms with van der Waals surface area (Å²) >= 11 is 3.00. The first-order chi connectivity index (χ1) is 14.9. The Morgan fingerprint density at radius 2 is 2.06 bits per heavy atom. The van der Waals surface area contributed by atoms with E-state index in [0.717, 1.165) is 72.5 Å². The number of carbonyl (C=O) groups is 1. The van der Waals surface area contributed by atoms with Crippen LogP contribution in [-0.2, 0) is 22.5 Å². The SMILES string of the molecule is CCc1c(C)sc2nc(S[C@H](C)C(=O)N3CCC(C)CC3)n(C[C@H]3CCCO3)c(=O)c12. The van der Waals surface area contributed by atoms with E-state index in [-0.39, 0.29) is 22.8 Å². The van der Waals surface area contributed by atoms with Gasteiger partial charge in [-0.2, -0.15) is 0 Å². The second kappa shape index (κ2) is 9.63. The van der Waals surface area contributed by atoms with Gasteiger partial charge in [-0.1, -0.05) is 25.6 Å². The van der Waals surface area contributed by atoms with Gasteiger partial charge in [0.15, 0.2) is 5.16 Å². The van der Waals surface area contributed by atoms with Crippen LogP contribution in [0.1, 0.15) is 56.9 Å². The van der Waals surface area contributed by atoms with E-state index in [1.165, 1.54) is 11.8 Å². The number of thiophene rings is 1. The van der Waals surface area contributed by atoms with Crippen molar-refractivity contribution in [2.24, 2.45) is 5.92 Å². The summed E-state index contributed by atoms with van der Waals surface area (Å²) in [4.78, 5) is 35.5. The summed E-state index contributed by atoms with van der Waals surface area (Å²) in [5.74, 6) is 0.828. The van der Waals surface area contributed by atoms with E-state index in [1.807, 2.05) is 11.8 Å². The Labute approximate surface area is 192 Å². The van der Waals surface area contributed by atoms with Crippen molar-refractivity contribution in [3.63, 3.8) is 0 Å². The summed E-state index contributed by atoms with van der Waals surface area (Å²) in [6.45, 7) is 11.2. The number of rotatable bonds is 6. The molecule has 0 aliphatic carbocycles. The number of nitrogens with zero attached hydrogens (tertiary/aromatic N) is 3. The summed E-state index contributed by atoms with van der Waals surface area (Å²) < 4.78 is 7.60. The lowest BCUT2D eigenvalue weighted by molar-refractivity contribution is -0.131. The Kier molecular flexibility index (Phi) is 7.08. The first-order valence-corrected chi connectivity index (χ1v) is 13.2. The molecule has 2 aromatic rings. The largest absolute Gasteiger partial charge is 0.376 e. The molecule has 0 N–H and O–H groups in total. The lowest BCUT2D eigenvalue weighted by atomic mass is 9.99. The number of ether oxygens (including phenoxy) is 1. The van der Waals surface area contributed by atoms with Crippen LogP contribution in [0.3, 0.4) is 0 Å². The zero-order chi connectivity index (χ0) is 22.1. The zero-order valence-electron chi connectivity index (χ0n) is 19.0. The van der Waals surface area contributed by atoms with Crippen molar-refractivity contribution in [1.29, 1.82) is 0 Å². The third-order valence-corrected chi connectivity index (χ3v) is 8.69. The average Bonchev–Trinajstić information content (AvgIpc) is 3.37. The quantitative estimate of drug-likeness (QED) is 0.473. The number of likely N-dealkylation sites (tertiary alicyclic amines) is 1. The number of hydrogen-bond donors (Lipinski definition) is 0. The minimum Gasteiger partial charge on any atom is -0.376 e. The van der Waals surface area contributed by atoms with E-state index in [4.69, 9.17) is 9.72 Å². The highest BCUT2D eigenvalue weighted by Crippen LogP contribution is 2.32. The van der Waals surface area contributed by atoms with Gasteiger partial charge in [0.05, 0.1) is 23.3 Å². The molecule has 2 aromatic heterocycles. The van der Waals surface area contributed by atoms with E-state index >= 15 is 0 Å². The van der Waals surface area contributed by atoms with Gasteiger partial charge in [0.1, 0.15) is 4.83 Å². The number of carbonyl (C=O) groups excluding carboxylic acids is 1. The predicted molar refractivity (Wildman–Crippen MR) is 127 cm³/mol. The number of aromatic nitrogens is 2. The predicted octanol–water partition coefficient (Wildman–Crippen LogP) is 4.25. The van der Waals surface area contributed by atoms with Crippen molar-refractivity contribution in [2.45, 2.75) is 82.9 Å². The number of piperidine rings is 1. The van der Waals surface area contributed by atoms with E-state index in [1.54, 1.807) is 15.9 Å². The highest BCUT2D eigenvalue weighted by Gasteiger charge is 2.28. The fourth-order valence-corrected chi connectivity index (χ4v) is 6.75. The molecule has 2 fully saturated rings. The Hall–Kier alpha value is -1.38. The maximum atomic E-state index is 13.6. The van der Waals surface area contributed by atoms with Crippen LogP contribution in [0, 0.1) is 12.8 Å². The van der Waals surface area contributed by atoms with Crippen molar-refractivity contribution in [3.8, 4) is 0 Å². The van der Waals surface area contributed by atoms with Crippen molar-refractivity contribution >= 4 is 39.2 Å². The standard InChI is InChI=1S/C23H33N3O3S2/c1-5-18-15(3)30-20-19(18)22(28)26(13-17-7-6-12-29-17)23(24-20)31-16(4)21(27)25-10-8-14(2)9-11-25/h14,16-17H,5-13H2,1-4H3/t16-,17-/m1/s1. The number of fused-ring (bicyclic) bond motifs is 1. The summed E-state index contributed by atoms with van der Waals surface area (Å²) in [6.07, 6.45) is 4.96. The van der Waals surface area contributed by atoms with Gasteiger partial charge in [-0.25, -0.2) is 4.98 Å². The highest BCUT2D eigenvalue weighted by molar-refractivity contribution is 8.00. The van der Waals surface area contributed by atoms with Crippen LogP contribution in [0.5, 0.6) is 0 Å².